The van der Waals surface area contributed by atoms with Crippen molar-refractivity contribution in [3.63, 3.8) is 0 Å². The van der Waals surface area contributed by atoms with E-state index in [1.807, 2.05) is 38.1 Å². The van der Waals surface area contributed by atoms with E-state index in [0.717, 1.165) is 17.0 Å². The van der Waals surface area contributed by atoms with Crippen molar-refractivity contribution in [2.24, 2.45) is 0 Å². The SMILES string of the molecule is CC(C)(Cl)Cc1ccccc1Cl. The second-order valence-corrected chi connectivity index (χ2v) is 4.92. The lowest BCUT2D eigenvalue weighted by Gasteiger charge is -2.16. The van der Waals surface area contributed by atoms with Crippen LogP contribution in [-0.4, -0.2) is 4.87 Å². The van der Waals surface area contributed by atoms with Crippen LogP contribution in [0.4, 0.5) is 0 Å². The molecule has 0 heterocycles. The van der Waals surface area contributed by atoms with E-state index in [0.29, 0.717) is 0 Å². The monoisotopic (exact) mass is 202 g/mol. The molecule has 0 aliphatic carbocycles. The Hall–Kier alpha value is -0.200. The minimum Gasteiger partial charge on any atom is -0.120 e. The normalized spacial score (nSPS) is 11.7. The third kappa shape index (κ3) is 3.04. The van der Waals surface area contributed by atoms with Crippen LogP contribution < -0.4 is 0 Å². The van der Waals surface area contributed by atoms with E-state index < -0.39 is 0 Å². The number of benzene rings is 1. The molecule has 0 N–H and O–H groups in total. The van der Waals surface area contributed by atoms with Crippen LogP contribution in [0.1, 0.15) is 19.4 Å². The molecular weight excluding hydrogens is 191 g/mol. The van der Waals surface area contributed by atoms with Gasteiger partial charge < -0.3 is 0 Å². The number of alkyl halides is 1. The average Bonchev–Trinajstić information content (AvgIpc) is 1.91. The standard InChI is InChI=1S/C10H12Cl2/c1-10(2,12)7-8-5-3-4-6-9(8)11/h3-6H,7H2,1-2H3. The fraction of sp³-hybridized carbons (Fsp3) is 0.400. The maximum absolute atomic E-state index is 6.08. The largest absolute Gasteiger partial charge is 0.120 e. The summed E-state index contributed by atoms with van der Waals surface area (Å²) in [5.41, 5.74) is 1.11. The summed E-state index contributed by atoms with van der Waals surface area (Å²) in [7, 11) is 0. The van der Waals surface area contributed by atoms with Gasteiger partial charge in [-0.2, -0.15) is 0 Å². The fourth-order valence-electron chi connectivity index (χ4n) is 1.09. The van der Waals surface area contributed by atoms with Crippen LogP contribution in [0.25, 0.3) is 0 Å². The molecule has 0 amide bonds. The summed E-state index contributed by atoms with van der Waals surface area (Å²) in [5, 5.41) is 0.797. The Bertz CT molecular complexity index is 261. The van der Waals surface area contributed by atoms with Gasteiger partial charge in [0.2, 0.25) is 0 Å². The molecule has 0 saturated carbocycles. The van der Waals surface area contributed by atoms with Gasteiger partial charge in [-0.15, -0.1) is 11.6 Å². The molecule has 0 bridgehead atoms. The van der Waals surface area contributed by atoms with Crippen molar-refractivity contribution in [2.75, 3.05) is 0 Å². The summed E-state index contributed by atoms with van der Waals surface area (Å²) in [5.74, 6) is 0. The van der Waals surface area contributed by atoms with Gasteiger partial charge in [-0.3, -0.25) is 0 Å². The molecule has 0 aromatic heterocycles. The molecule has 1 aromatic carbocycles. The zero-order valence-electron chi connectivity index (χ0n) is 7.27. The van der Waals surface area contributed by atoms with E-state index in [4.69, 9.17) is 23.2 Å². The first-order valence-corrected chi connectivity index (χ1v) is 4.67. The van der Waals surface area contributed by atoms with Crippen molar-refractivity contribution in [1.29, 1.82) is 0 Å². The van der Waals surface area contributed by atoms with Crippen molar-refractivity contribution in [2.45, 2.75) is 25.1 Å². The maximum Gasteiger partial charge on any atom is 0.0438 e. The lowest BCUT2D eigenvalue weighted by atomic mass is 10.0. The summed E-state index contributed by atoms with van der Waals surface area (Å²) in [4.78, 5) is -0.217. The van der Waals surface area contributed by atoms with Gasteiger partial charge in [0, 0.05) is 9.90 Å². The zero-order chi connectivity index (χ0) is 9.19. The summed E-state index contributed by atoms with van der Waals surface area (Å²) < 4.78 is 0. The van der Waals surface area contributed by atoms with Crippen molar-refractivity contribution in [3.8, 4) is 0 Å². The van der Waals surface area contributed by atoms with Crippen LogP contribution in [0, 0.1) is 0 Å². The molecule has 0 nitrogen and oxygen atoms in total. The van der Waals surface area contributed by atoms with Crippen LogP contribution in [0.15, 0.2) is 24.3 Å². The first-order chi connectivity index (χ1) is 5.49. The van der Waals surface area contributed by atoms with Gasteiger partial charge in [0.05, 0.1) is 0 Å². The van der Waals surface area contributed by atoms with Crippen LogP contribution in [0.3, 0.4) is 0 Å². The van der Waals surface area contributed by atoms with Gasteiger partial charge in [0.25, 0.3) is 0 Å². The highest BCUT2D eigenvalue weighted by atomic mass is 35.5. The topological polar surface area (TPSA) is 0 Å². The van der Waals surface area contributed by atoms with Crippen molar-refractivity contribution in [3.05, 3.63) is 34.9 Å². The van der Waals surface area contributed by atoms with Gasteiger partial charge in [0.15, 0.2) is 0 Å². The molecule has 0 atom stereocenters. The summed E-state index contributed by atoms with van der Waals surface area (Å²) in [6, 6.07) is 7.79. The first-order valence-electron chi connectivity index (χ1n) is 3.91. The summed E-state index contributed by atoms with van der Waals surface area (Å²) >= 11 is 12.1. The van der Waals surface area contributed by atoms with Crippen LogP contribution in [-0.2, 0) is 6.42 Å². The summed E-state index contributed by atoms with van der Waals surface area (Å²) in [6.45, 7) is 3.97. The van der Waals surface area contributed by atoms with Crippen LogP contribution >= 0.6 is 23.2 Å². The summed E-state index contributed by atoms with van der Waals surface area (Å²) in [6.07, 6.45) is 0.800. The molecule has 0 aliphatic heterocycles. The molecule has 0 fully saturated rings. The Kier molecular flexibility index (Phi) is 3.03. The van der Waals surface area contributed by atoms with E-state index in [1.54, 1.807) is 0 Å². The molecule has 0 spiro atoms. The zero-order valence-corrected chi connectivity index (χ0v) is 8.78. The molecular formula is C10H12Cl2. The van der Waals surface area contributed by atoms with Crippen molar-refractivity contribution in [1.82, 2.24) is 0 Å². The van der Waals surface area contributed by atoms with Gasteiger partial charge >= 0.3 is 0 Å². The highest BCUT2D eigenvalue weighted by Crippen LogP contribution is 2.24. The average molecular weight is 203 g/mol. The van der Waals surface area contributed by atoms with Gasteiger partial charge in [-0.05, 0) is 31.9 Å². The molecule has 0 unspecified atom stereocenters. The predicted octanol–water partition coefficient (Wildman–Crippen LogP) is 3.90. The highest BCUT2D eigenvalue weighted by Gasteiger charge is 2.15. The number of rotatable bonds is 2. The molecule has 12 heavy (non-hydrogen) atoms. The molecule has 66 valence electrons. The highest BCUT2D eigenvalue weighted by molar-refractivity contribution is 6.31. The molecule has 1 aromatic rings. The first kappa shape index (κ1) is 9.88. The molecule has 2 heteroatoms. The third-order valence-electron chi connectivity index (χ3n) is 1.57. The van der Waals surface area contributed by atoms with Crippen LogP contribution in [0.2, 0.25) is 5.02 Å². The van der Waals surface area contributed by atoms with Gasteiger partial charge in [0.1, 0.15) is 0 Å². The van der Waals surface area contributed by atoms with Gasteiger partial charge in [-0.1, -0.05) is 29.8 Å². The molecule has 0 aliphatic rings. The Morgan fingerprint density at radius 1 is 1.25 bits per heavy atom. The smallest absolute Gasteiger partial charge is 0.0438 e. The van der Waals surface area contributed by atoms with E-state index in [9.17, 15) is 0 Å². The Balaban J connectivity index is 2.83. The lowest BCUT2D eigenvalue weighted by Crippen LogP contribution is -2.14. The number of hydrogen-bond donors (Lipinski definition) is 0. The number of hydrogen-bond acceptors (Lipinski definition) is 0. The Labute approximate surface area is 83.5 Å². The Morgan fingerprint density at radius 3 is 2.33 bits per heavy atom. The van der Waals surface area contributed by atoms with E-state index >= 15 is 0 Å². The quantitative estimate of drug-likeness (QED) is 0.639. The Morgan fingerprint density at radius 2 is 1.83 bits per heavy atom. The second kappa shape index (κ2) is 3.68. The maximum atomic E-state index is 6.08. The molecule has 0 saturated heterocycles. The van der Waals surface area contributed by atoms with E-state index in [2.05, 4.69) is 0 Å². The predicted molar refractivity (Wildman–Crippen MR) is 55.1 cm³/mol. The number of halogens is 2. The minimum atomic E-state index is -0.217. The molecule has 0 radical (unpaired) electrons. The fourth-order valence-corrected chi connectivity index (χ4v) is 1.44. The van der Waals surface area contributed by atoms with Crippen LogP contribution in [0.5, 0.6) is 0 Å². The van der Waals surface area contributed by atoms with E-state index in [1.165, 1.54) is 0 Å². The van der Waals surface area contributed by atoms with Gasteiger partial charge in [-0.25, -0.2) is 0 Å². The van der Waals surface area contributed by atoms with E-state index in [-0.39, 0.29) is 4.87 Å². The van der Waals surface area contributed by atoms with Crippen molar-refractivity contribution >= 4 is 23.2 Å². The third-order valence-corrected chi connectivity index (χ3v) is 2.07. The van der Waals surface area contributed by atoms with Crippen molar-refractivity contribution < 1.29 is 0 Å². The minimum absolute atomic E-state index is 0.217. The second-order valence-electron chi connectivity index (χ2n) is 3.49. The molecule has 1 rings (SSSR count). The lowest BCUT2D eigenvalue weighted by molar-refractivity contribution is 0.694.